The zero-order valence-electron chi connectivity index (χ0n) is 10.5. The molecule has 0 saturated heterocycles. The Bertz CT molecular complexity index is 348. The number of carbonyl (C=O) groups is 3. The molecule has 1 aliphatic rings. The molecule has 1 atom stereocenters. The van der Waals surface area contributed by atoms with E-state index in [9.17, 15) is 14.4 Å². The summed E-state index contributed by atoms with van der Waals surface area (Å²) >= 11 is 0. The number of amides is 3. The molecule has 0 aromatic carbocycles. The van der Waals surface area contributed by atoms with E-state index in [1.54, 1.807) is 0 Å². The standard InChI is InChI=1S/C12H19N3O3/c1-2-3-9(13)6-7-14-10(16)8-15-11(17)4-5-12(15)18/h4-5,9H,2-3,6-8,13H2,1H3,(H,14,16). The molecule has 1 unspecified atom stereocenters. The van der Waals surface area contributed by atoms with Crippen LogP contribution >= 0.6 is 0 Å². The summed E-state index contributed by atoms with van der Waals surface area (Å²) in [6.07, 6.45) is 4.94. The molecule has 1 heterocycles. The number of hydrogen-bond donors (Lipinski definition) is 2. The lowest BCUT2D eigenvalue weighted by molar-refractivity contribution is -0.141. The minimum atomic E-state index is -0.446. The van der Waals surface area contributed by atoms with Gasteiger partial charge in [-0.2, -0.15) is 0 Å². The fourth-order valence-electron chi connectivity index (χ4n) is 1.70. The van der Waals surface area contributed by atoms with Gasteiger partial charge in [0.1, 0.15) is 6.54 Å². The summed E-state index contributed by atoms with van der Waals surface area (Å²) < 4.78 is 0. The molecule has 0 radical (unpaired) electrons. The molecule has 100 valence electrons. The highest BCUT2D eigenvalue weighted by Crippen LogP contribution is 2.02. The van der Waals surface area contributed by atoms with Crippen LogP contribution in [0.1, 0.15) is 26.2 Å². The number of carbonyl (C=O) groups excluding carboxylic acids is 3. The summed E-state index contributed by atoms with van der Waals surface area (Å²) in [7, 11) is 0. The molecule has 0 bridgehead atoms. The maximum absolute atomic E-state index is 11.5. The number of nitrogens with two attached hydrogens (primary N) is 1. The van der Waals surface area contributed by atoms with Crippen molar-refractivity contribution in [1.29, 1.82) is 0 Å². The lowest BCUT2D eigenvalue weighted by Crippen LogP contribution is -2.41. The third-order valence-corrected chi connectivity index (χ3v) is 2.70. The third-order valence-electron chi connectivity index (χ3n) is 2.70. The van der Waals surface area contributed by atoms with Crippen molar-refractivity contribution in [2.24, 2.45) is 5.73 Å². The van der Waals surface area contributed by atoms with Gasteiger partial charge in [-0.15, -0.1) is 0 Å². The van der Waals surface area contributed by atoms with E-state index in [-0.39, 0.29) is 18.5 Å². The summed E-state index contributed by atoms with van der Waals surface area (Å²) in [6.45, 7) is 2.29. The molecule has 0 aliphatic carbocycles. The molecule has 1 aliphatic heterocycles. The number of nitrogens with one attached hydrogen (secondary N) is 1. The molecule has 3 amide bonds. The third kappa shape index (κ3) is 4.29. The van der Waals surface area contributed by atoms with Crippen LogP contribution in [-0.4, -0.2) is 41.8 Å². The van der Waals surface area contributed by atoms with Gasteiger partial charge in [-0.1, -0.05) is 13.3 Å². The lowest BCUT2D eigenvalue weighted by atomic mass is 10.1. The van der Waals surface area contributed by atoms with Crippen LogP contribution in [0.4, 0.5) is 0 Å². The van der Waals surface area contributed by atoms with Crippen molar-refractivity contribution >= 4 is 17.7 Å². The minimum Gasteiger partial charge on any atom is -0.354 e. The highest BCUT2D eigenvalue weighted by Gasteiger charge is 2.25. The molecule has 0 fully saturated rings. The second kappa shape index (κ2) is 6.90. The van der Waals surface area contributed by atoms with E-state index < -0.39 is 11.8 Å². The molecule has 0 aromatic rings. The van der Waals surface area contributed by atoms with Crippen LogP contribution in [0.3, 0.4) is 0 Å². The van der Waals surface area contributed by atoms with Gasteiger partial charge < -0.3 is 11.1 Å². The van der Waals surface area contributed by atoms with Crippen molar-refractivity contribution in [1.82, 2.24) is 10.2 Å². The SMILES string of the molecule is CCCC(N)CCNC(=O)CN1C(=O)C=CC1=O. The first kappa shape index (κ1) is 14.4. The fraction of sp³-hybridized carbons (Fsp3) is 0.583. The summed E-state index contributed by atoms with van der Waals surface area (Å²) in [6, 6.07) is 0.0759. The fourth-order valence-corrected chi connectivity index (χ4v) is 1.70. The zero-order valence-corrected chi connectivity index (χ0v) is 10.5. The average Bonchev–Trinajstić information content (AvgIpc) is 2.61. The van der Waals surface area contributed by atoms with Crippen molar-refractivity contribution < 1.29 is 14.4 Å². The van der Waals surface area contributed by atoms with Gasteiger partial charge in [0.05, 0.1) is 0 Å². The Labute approximate surface area is 106 Å². The normalized spacial score (nSPS) is 16.2. The van der Waals surface area contributed by atoms with E-state index in [0.29, 0.717) is 13.0 Å². The summed E-state index contributed by atoms with van der Waals surface area (Å²) in [5.41, 5.74) is 5.80. The van der Waals surface area contributed by atoms with E-state index in [1.165, 1.54) is 0 Å². The monoisotopic (exact) mass is 253 g/mol. The van der Waals surface area contributed by atoms with Crippen molar-refractivity contribution in [3.63, 3.8) is 0 Å². The smallest absolute Gasteiger partial charge is 0.254 e. The Morgan fingerprint density at radius 2 is 1.94 bits per heavy atom. The van der Waals surface area contributed by atoms with E-state index in [2.05, 4.69) is 12.2 Å². The number of hydrogen-bond acceptors (Lipinski definition) is 4. The van der Waals surface area contributed by atoms with Gasteiger partial charge in [-0.3, -0.25) is 19.3 Å². The van der Waals surface area contributed by atoms with Crippen molar-refractivity contribution in [3.8, 4) is 0 Å². The molecule has 6 heteroatoms. The molecular weight excluding hydrogens is 234 g/mol. The van der Waals surface area contributed by atoms with Crippen LogP contribution in [-0.2, 0) is 14.4 Å². The van der Waals surface area contributed by atoms with Crippen LogP contribution in [0.5, 0.6) is 0 Å². The van der Waals surface area contributed by atoms with Crippen molar-refractivity contribution in [3.05, 3.63) is 12.2 Å². The molecule has 0 aromatic heterocycles. The summed E-state index contributed by atoms with van der Waals surface area (Å²) in [5, 5.41) is 2.65. The van der Waals surface area contributed by atoms with E-state index in [0.717, 1.165) is 29.9 Å². The second-order valence-corrected chi connectivity index (χ2v) is 4.28. The van der Waals surface area contributed by atoms with Crippen molar-refractivity contribution in [2.45, 2.75) is 32.2 Å². The molecule has 6 nitrogen and oxygen atoms in total. The molecule has 0 spiro atoms. The largest absolute Gasteiger partial charge is 0.354 e. The topological polar surface area (TPSA) is 92.5 Å². The predicted molar refractivity (Wildman–Crippen MR) is 66.4 cm³/mol. The first-order valence-corrected chi connectivity index (χ1v) is 6.10. The van der Waals surface area contributed by atoms with Gasteiger partial charge in [0.15, 0.2) is 0 Å². The maximum atomic E-state index is 11.5. The predicted octanol–water partition coefficient (Wildman–Crippen LogP) is -0.455. The van der Waals surface area contributed by atoms with E-state index in [1.807, 2.05) is 0 Å². The highest BCUT2D eigenvalue weighted by atomic mass is 16.2. The van der Waals surface area contributed by atoms with Gasteiger partial charge in [0.25, 0.3) is 11.8 Å². The Hall–Kier alpha value is -1.69. The van der Waals surface area contributed by atoms with Crippen LogP contribution in [0.25, 0.3) is 0 Å². The number of nitrogens with zero attached hydrogens (tertiary/aromatic N) is 1. The van der Waals surface area contributed by atoms with Crippen LogP contribution < -0.4 is 11.1 Å². The zero-order chi connectivity index (χ0) is 13.5. The summed E-state index contributed by atoms with van der Waals surface area (Å²) in [5.74, 6) is -1.24. The first-order valence-electron chi connectivity index (χ1n) is 6.10. The van der Waals surface area contributed by atoms with E-state index >= 15 is 0 Å². The number of imide groups is 1. The van der Waals surface area contributed by atoms with E-state index in [4.69, 9.17) is 5.73 Å². The van der Waals surface area contributed by atoms with Crippen LogP contribution in [0.15, 0.2) is 12.2 Å². The van der Waals surface area contributed by atoms with Gasteiger partial charge in [-0.25, -0.2) is 0 Å². The van der Waals surface area contributed by atoms with Gasteiger partial charge in [-0.05, 0) is 12.8 Å². The lowest BCUT2D eigenvalue weighted by Gasteiger charge is -2.14. The second-order valence-electron chi connectivity index (χ2n) is 4.28. The van der Waals surface area contributed by atoms with Crippen LogP contribution in [0, 0.1) is 0 Å². The highest BCUT2D eigenvalue weighted by molar-refractivity contribution is 6.14. The molecule has 3 N–H and O–H groups in total. The Morgan fingerprint density at radius 3 is 2.50 bits per heavy atom. The molecule has 0 saturated carbocycles. The molecular formula is C12H19N3O3. The van der Waals surface area contributed by atoms with Gasteiger partial charge in [0, 0.05) is 24.7 Å². The van der Waals surface area contributed by atoms with Gasteiger partial charge >= 0.3 is 0 Å². The Kier molecular flexibility index (Phi) is 5.51. The maximum Gasteiger partial charge on any atom is 0.254 e. The summed E-state index contributed by atoms with van der Waals surface area (Å²) in [4.78, 5) is 34.8. The molecule has 18 heavy (non-hydrogen) atoms. The number of rotatable bonds is 7. The average molecular weight is 253 g/mol. The quantitative estimate of drug-likeness (QED) is 0.601. The van der Waals surface area contributed by atoms with Crippen molar-refractivity contribution in [2.75, 3.05) is 13.1 Å². The van der Waals surface area contributed by atoms with Gasteiger partial charge in [0.2, 0.25) is 5.91 Å². The first-order chi connectivity index (χ1) is 8.54. The molecule has 1 rings (SSSR count). The minimum absolute atomic E-state index is 0.0759. The van der Waals surface area contributed by atoms with Crippen LogP contribution in [0.2, 0.25) is 0 Å². The Morgan fingerprint density at radius 1 is 1.33 bits per heavy atom. The Balaban J connectivity index is 2.22.